The van der Waals surface area contributed by atoms with Gasteiger partial charge in [-0.25, -0.2) is 4.39 Å². The average molecular weight is 518 g/mol. The number of hydrogen-bond donors (Lipinski definition) is 2. The molecule has 3 N–H and O–H groups in total. The highest BCUT2D eigenvalue weighted by Gasteiger charge is 2.26. The third-order valence-electron chi connectivity index (χ3n) is 6.97. The summed E-state index contributed by atoms with van der Waals surface area (Å²) in [6.45, 7) is 8.78. The van der Waals surface area contributed by atoms with Gasteiger partial charge in [0.1, 0.15) is 23.8 Å². The number of halogens is 1. The SMILES string of the molecule is C=C(c1ccc(F)cc1)c1ccc(=O)n(-c2ccc(CN[C@@H](CC(C)C)C(=O)OC3CCCC3)cc2)c1N. The Labute approximate surface area is 223 Å². The molecular formula is C31H36FN3O3. The van der Waals surface area contributed by atoms with E-state index in [0.717, 1.165) is 31.2 Å². The van der Waals surface area contributed by atoms with Crippen molar-refractivity contribution >= 4 is 17.4 Å². The number of anilines is 1. The molecule has 1 fully saturated rings. The highest BCUT2D eigenvalue weighted by Crippen LogP contribution is 2.27. The Morgan fingerprint density at radius 2 is 1.74 bits per heavy atom. The Bertz CT molecular complexity index is 1320. The molecule has 0 spiro atoms. The monoisotopic (exact) mass is 517 g/mol. The maximum Gasteiger partial charge on any atom is 0.323 e. The highest BCUT2D eigenvalue weighted by atomic mass is 19.1. The van der Waals surface area contributed by atoms with Crippen LogP contribution in [-0.2, 0) is 16.1 Å². The first-order valence-electron chi connectivity index (χ1n) is 13.2. The van der Waals surface area contributed by atoms with E-state index in [9.17, 15) is 14.0 Å². The number of hydrogen-bond acceptors (Lipinski definition) is 5. The number of benzene rings is 2. The van der Waals surface area contributed by atoms with Crippen LogP contribution in [0.2, 0.25) is 0 Å². The van der Waals surface area contributed by atoms with Gasteiger partial charge in [0, 0.05) is 18.2 Å². The molecule has 1 aliphatic rings. The van der Waals surface area contributed by atoms with E-state index in [4.69, 9.17) is 10.5 Å². The highest BCUT2D eigenvalue weighted by molar-refractivity contribution is 5.83. The van der Waals surface area contributed by atoms with E-state index in [2.05, 4.69) is 25.7 Å². The van der Waals surface area contributed by atoms with E-state index in [-0.39, 0.29) is 35.3 Å². The van der Waals surface area contributed by atoms with Crippen molar-refractivity contribution in [2.24, 2.45) is 5.92 Å². The number of pyridine rings is 1. The first kappa shape index (κ1) is 27.3. The van der Waals surface area contributed by atoms with Crippen LogP contribution in [0.15, 0.2) is 72.0 Å². The lowest BCUT2D eigenvalue weighted by Gasteiger charge is -2.22. The van der Waals surface area contributed by atoms with E-state index in [0.29, 0.717) is 41.3 Å². The van der Waals surface area contributed by atoms with Crippen molar-refractivity contribution in [1.29, 1.82) is 0 Å². The molecule has 2 aromatic carbocycles. The van der Waals surface area contributed by atoms with Gasteiger partial charge in [-0.1, -0.05) is 44.7 Å². The standard InChI is InChI=1S/C31H36FN3O3/c1-20(2)18-28(31(37)38-26-6-4-5-7-26)34-19-22-8-14-25(15-9-22)35-29(36)17-16-27(30(35)33)21(3)23-10-12-24(32)13-11-23/h8-17,20,26,28,34H,3-7,18-19,33H2,1-2H3/t28-/m0/s1. The van der Waals surface area contributed by atoms with Gasteiger partial charge in [0.15, 0.2) is 0 Å². The molecule has 1 aromatic heterocycles. The average Bonchev–Trinajstić information content (AvgIpc) is 3.40. The van der Waals surface area contributed by atoms with E-state index >= 15 is 0 Å². The lowest BCUT2D eigenvalue weighted by molar-refractivity contribution is -0.151. The molecule has 6 nitrogen and oxygen atoms in total. The molecule has 0 unspecified atom stereocenters. The van der Waals surface area contributed by atoms with Gasteiger partial charge in [0.25, 0.3) is 5.56 Å². The van der Waals surface area contributed by atoms with Crippen molar-refractivity contribution in [3.05, 3.63) is 100 Å². The Morgan fingerprint density at radius 1 is 1.08 bits per heavy atom. The van der Waals surface area contributed by atoms with E-state index in [1.807, 2.05) is 24.3 Å². The Hall–Kier alpha value is -3.71. The van der Waals surface area contributed by atoms with Crippen LogP contribution in [0.4, 0.5) is 10.2 Å². The number of aromatic nitrogens is 1. The minimum atomic E-state index is -0.373. The quantitative estimate of drug-likeness (QED) is 0.342. The summed E-state index contributed by atoms with van der Waals surface area (Å²) < 4.78 is 20.5. The second-order valence-electron chi connectivity index (χ2n) is 10.4. The fourth-order valence-electron chi connectivity index (χ4n) is 4.87. The molecule has 3 aromatic rings. The second-order valence-corrected chi connectivity index (χ2v) is 10.4. The summed E-state index contributed by atoms with van der Waals surface area (Å²) in [5.74, 6) is 0.0807. The Morgan fingerprint density at radius 3 is 2.37 bits per heavy atom. The number of nitrogens with zero attached hydrogens (tertiary/aromatic N) is 1. The minimum Gasteiger partial charge on any atom is -0.461 e. The predicted octanol–water partition coefficient (Wildman–Crippen LogP) is 5.61. The number of ether oxygens (including phenoxy) is 1. The predicted molar refractivity (Wildman–Crippen MR) is 149 cm³/mol. The molecule has 1 heterocycles. The minimum absolute atomic E-state index is 0.0388. The summed E-state index contributed by atoms with van der Waals surface area (Å²) in [6, 6.07) is 16.2. The fraction of sp³-hybridized carbons (Fsp3) is 0.355. The number of nitrogens with two attached hydrogens (primary N) is 1. The second kappa shape index (κ2) is 12.2. The van der Waals surface area contributed by atoms with Crippen molar-refractivity contribution < 1.29 is 13.9 Å². The number of nitrogen functional groups attached to an aromatic ring is 1. The number of esters is 1. The molecule has 0 bridgehead atoms. The lowest BCUT2D eigenvalue weighted by Crippen LogP contribution is -2.40. The summed E-state index contributed by atoms with van der Waals surface area (Å²) >= 11 is 0. The van der Waals surface area contributed by atoms with Crippen LogP contribution in [0.1, 0.15) is 62.6 Å². The molecule has 1 aliphatic carbocycles. The number of rotatable bonds is 10. The van der Waals surface area contributed by atoms with E-state index in [1.165, 1.54) is 22.8 Å². The molecular weight excluding hydrogens is 481 g/mol. The third kappa shape index (κ3) is 6.58. The zero-order valence-electron chi connectivity index (χ0n) is 22.1. The molecule has 7 heteroatoms. The van der Waals surface area contributed by atoms with Crippen LogP contribution < -0.4 is 16.6 Å². The number of carbonyl (C=O) groups is 1. The molecule has 38 heavy (non-hydrogen) atoms. The van der Waals surface area contributed by atoms with Crippen LogP contribution in [0, 0.1) is 11.7 Å². The van der Waals surface area contributed by atoms with E-state index in [1.54, 1.807) is 18.2 Å². The van der Waals surface area contributed by atoms with Gasteiger partial charge in [-0.05, 0) is 85.1 Å². The maximum absolute atomic E-state index is 13.4. The maximum atomic E-state index is 13.4. The summed E-state index contributed by atoms with van der Waals surface area (Å²) in [5.41, 5.74) is 9.65. The number of carbonyl (C=O) groups excluding carboxylic acids is 1. The molecule has 1 atom stereocenters. The van der Waals surface area contributed by atoms with Gasteiger partial charge >= 0.3 is 5.97 Å². The van der Waals surface area contributed by atoms with Crippen molar-refractivity contribution in [1.82, 2.24) is 9.88 Å². The van der Waals surface area contributed by atoms with Gasteiger partial charge in [-0.2, -0.15) is 0 Å². The smallest absolute Gasteiger partial charge is 0.323 e. The zero-order chi connectivity index (χ0) is 27.2. The summed E-state index contributed by atoms with van der Waals surface area (Å²) in [5, 5.41) is 3.36. The lowest BCUT2D eigenvalue weighted by atomic mass is 10.00. The summed E-state index contributed by atoms with van der Waals surface area (Å²) in [7, 11) is 0. The first-order valence-corrected chi connectivity index (χ1v) is 13.2. The molecule has 1 saturated carbocycles. The van der Waals surface area contributed by atoms with Crippen LogP contribution in [0.25, 0.3) is 11.3 Å². The van der Waals surface area contributed by atoms with Crippen LogP contribution in [0.3, 0.4) is 0 Å². The summed E-state index contributed by atoms with van der Waals surface area (Å²) in [6.07, 6.45) is 4.86. The molecule has 0 amide bonds. The normalized spacial score (nSPS) is 14.5. The van der Waals surface area contributed by atoms with Crippen molar-refractivity contribution in [3.8, 4) is 5.69 Å². The fourth-order valence-corrected chi connectivity index (χ4v) is 4.87. The molecule has 0 radical (unpaired) electrons. The Kier molecular flexibility index (Phi) is 8.79. The molecule has 0 aliphatic heterocycles. The van der Waals surface area contributed by atoms with Gasteiger partial charge in [0.2, 0.25) is 0 Å². The topological polar surface area (TPSA) is 86.3 Å². The van der Waals surface area contributed by atoms with Crippen molar-refractivity contribution in [2.45, 2.75) is 64.6 Å². The molecule has 0 saturated heterocycles. The largest absolute Gasteiger partial charge is 0.461 e. The third-order valence-corrected chi connectivity index (χ3v) is 6.97. The van der Waals surface area contributed by atoms with Gasteiger partial charge in [-0.3, -0.25) is 14.2 Å². The van der Waals surface area contributed by atoms with Crippen molar-refractivity contribution in [3.63, 3.8) is 0 Å². The van der Waals surface area contributed by atoms with Crippen LogP contribution in [0.5, 0.6) is 0 Å². The van der Waals surface area contributed by atoms with Crippen molar-refractivity contribution in [2.75, 3.05) is 5.73 Å². The summed E-state index contributed by atoms with van der Waals surface area (Å²) in [4.78, 5) is 25.6. The Balaban J connectivity index is 1.48. The molecule has 200 valence electrons. The van der Waals surface area contributed by atoms with Gasteiger partial charge in [0.05, 0.1) is 5.69 Å². The van der Waals surface area contributed by atoms with Gasteiger partial charge < -0.3 is 15.8 Å². The number of nitrogens with one attached hydrogen (secondary N) is 1. The van der Waals surface area contributed by atoms with Crippen LogP contribution in [-0.4, -0.2) is 22.7 Å². The van der Waals surface area contributed by atoms with E-state index < -0.39 is 0 Å². The van der Waals surface area contributed by atoms with Gasteiger partial charge in [-0.15, -0.1) is 0 Å². The van der Waals surface area contributed by atoms with Crippen LogP contribution >= 0.6 is 0 Å². The first-order chi connectivity index (χ1) is 18.2. The zero-order valence-corrected chi connectivity index (χ0v) is 22.1. The molecule has 4 rings (SSSR count).